The predicted molar refractivity (Wildman–Crippen MR) is 57.3 cm³/mol. The van der Waals surface area contributed by atoms with E-state index in [0.29, 0.717) is 5.54 Å². The van der Waals surface area contributed by atoms with Crippen LogP contribution < -0.4 is 5.32 Å². The van der Waals surface area contributed by atoms with E-state index in [1.807, 2.05) is 6.07 Å². The molecule has 2 rings (SSSR count). The highest BCUT2D eigenvalue weighted by Gasteiger charge is 2.30. The Hall–Kier alpha value is -0.760. The Kier molecular flexibility index (Phi) is 2.92. The molecule has 1 N–H and O–H groups in total. The first-order chi connectivity index (χ1) is 6.85. The van der Waals surface area contributed by atoms with E-state index < -0.39 is 0 Å². The van der Waals surface area contributed by atoms with E-state index in [2.05, 4.69) is 18.3 Å². The Morgan fingerprint density at radius 1 is 1.57 bits per heavy atom. The van der Waals surface area contributed by atoms with Crippen LogP contribution in [0.4, 0.5) is 0 Å². The summed E-state index contributed by atoms with van der Waals surface area (Å²) in [7, 11) is 0. The van der Waals surface area contributed by atoms with Crippen LogP contribution in [0.2, 0.25) is 0 Å². The van der Waals surface area contributed by atoms with Gasteiger partial charge in [-0.25, -0.2) is 0 Å². The average Bonchev–Trinajstić information content (AvgIpc) is 2.87. The van der Waals surface area contributed by atoms with Gasteiger partial charge in [0.25, 0.3) is 0 Å². The zero-order valence-electron chi connectivity index (χ0n) is 8.88. The van der Waals surface area contributed by atoms with Gasteiger partial charge in [0.05, 0.1) is 6.26 Å². The summed E-state index contributed by atoms with van der Waals surface area (Å²) in [5.41, 5.74) is 0.396. The molecule has 1 unspecified atom stereocenters. The molecular formula is C12H19NO. The summed E-state index contributed by atoms with van der Waals surface area (Å²) >= 11 is 0. The van der Waals surface area contributed by atoms with Gasteiger partial charge in [0, 0.05) is 12.0 Å². The second kappa shape index (κ2) is 4.18. The number of hydrogen-bond acceptors (Lipinski definition) is 2. The van der Waals surface area contributed by atoms with Crippen LogP contribution in [0, 0.1) is 0 Å². The van der Waals surface area contributed by atoms with Crippen molar-refractivity contribution >= 4 is 0 Å². The van der Waals surface area contributed by atoms with Gasteiger partial charge in [0.15, 0.2) is 0 Å². The molecule has 78 valence electrons. The van der Waals surface area contributed by atoms with Crippen molar-refractivity contribution in [2.45, 2.75) is 44.6 Å². The molecule has 0 bridgehead atoms. The molecule has 1 saturated heterocycles. The zero-order valence-corrected chi connectivity index (χ0v) is 8.88. The summed E-state index contributed by atoms with van der Waals surface area (Å²) in [6.45, 7) is 3.46. The van der Waals surface area contributed by atoms with E-state index in [9.17, 15) is 0 Å². The fourth-order valence-electron chi connectivity index (χ4n) is 2.38. The summed E-state index contributed by atoms with van der Waals surface area (Å²) in [5.74, 6) is 1.12. The smallest absolute Gasteiger partial charge is 0.103 e. The minimum Gasteiger partial charge on any atom is -0.469 e. The van der Waals surface area contributed by atoms with Gasteiger partial charge in [-0.1, -0.05) is 6.92 Å². The molecule has 2 nitrogen and oxygen atoms in total. The molecule has 0 aromatic carbocycles. The standard InChI is InChI=1S/C12H19NO/c1-2-12(7-4-9-13-12)8-6-11-5-3-10-14-11/h3,5,10,13H,2,4,6-9H2,1H3. The van der Waals surface area contributed by atoms with Crippen LogP contribution in [0.1, 0.15) is 38.4 Å². The minimum atomic E-state index is 0.396. The topological polar surface area (TPSA) is 25.2 Å². The predicted octanol–water partition coefficient (Wildman–Crippen LogP) is 2.74. The van der Waals surface area contributed by atoms with Crippen LogP contribution in [0.15, 0.2) is 22.8 Å². The molecule has 1 aliphatic heterocycles. The third-order valence-electron chi connectivity index (χ3n) is 3.44. The minimum absolute atomic E-state index is 0.396. The maximum absolute atomic E-state index is 5.36. The molecule has 1 aromatic rings. The van der Waals surface area contributed by atoms with Crippen LogP contribution in [0.25, 0.3) is 0 Å². The van der Waals surface area contributed by atoms with Gasteiger partial charge in [-0.3, -0.25) is 0 Å². The molecule has 1 aliphatic rings. The first kappa shape index (κ1) is 9.78. The van der Waals surface area contributed by atoms with Crippen LogP contribution in [0.5, 0.6) is 0 Å². The maximum Gasteiger partial charge on any atom is 0.103 e. The van der Waals surface area contributed by atoms with Crippen LogP contribution >= 0.6 is 0 Å². The summed E-state index contributed by atoms with van der Waals surface area (Å²) in [4.78, 5) is 0. The van der Waals surface area contributed by atoms with Crippen molar-refractivity contribution in [3.63, 3.8) is 0 Å². The van der Waals surface area contributed by atoms with E-state index in [1.165, 1.54) is 32.2 Å². The number of hydrogen-bond donors (Lipinski definition) is 1. The van der Waals surface area contributed by atoms with Crippen LogP contribution in [0.3, 0.4) is 0 Å². The lowest BCUT2D eigenvalue weighted by molar-refractivity contribution is 0.325. The maximum atomic E-state index is 5.36. The molecule has 1 aromatic heterocycles. The number of aryl methyl sites for hydroxylation is 1. The first-order valence-electron chi connectivity index (χ1n) is 5.62. The van der Waals surface area contributed by atoms with Gasteiger partial charge in [-0.05, 0) is 44.4 Å². The molecule has 1 atom stereocenters. The molecular weight excluding hydrogens is 174 g/mol. The molecule has 0 aliphatic carbocycles. The van der Waals surface area contributed by atoms with E-state index in [0.717, 1.165) is 12.2 Å². The fourth-order valence-corrected chi connectivity index (χ4v) is 2.38. The lowest BCUT2D eigenvalue weighted by Gasteiger charge is -2.27. The zero-order chi connectivity index (χ0) is 9.86. The third-order valence-corrected chi connectivity index (χ3v) is 3.44. The van der Waals surface area contributed by atoms with Crippen molar-refractivity contribution in [1.82, 2.24) is 5.32 Å². The van der Waals surface area contributed by atoms with E-state index in [4.69, 9.17) is 4.42 Å². The lowest BCUT2D eigenvalue weighted by Crippen LogP contribution is -2.39. The van der Waals surface area contributed by atoms with E-state index >= 15 is 0 Å². The Labute approximate surface area is 85.7 Å². The van der Waals surface area contributed by atoms with Crippen molar-refractivity contribution < 1.29 is 4.42 Å². The Morgan fingerprint density at radius 2 is 2.50 bits per heavy atom. The Balaban J connectivity index is 1.89. The summed E-state index contributed by atoms with van der Waals surface area (Å²) < 4.78 is 5.36. The SMILES string of the molecule is CCC1(CCc2ccco2)CCCN1. The van der Waals surface area contributed by atoms with E-state index in [-0.39, 0.29) is 0 Å². The van der Waals surface area contributed by atoms with Crippen LogP contribution in [-0.4, -0.2) is 12.1 Å². The second-order valence-corrected chi connectivity index (χ2v) is 4.24. The second-order valence-electron chi connectivity index (χ2n) is 4.24. The summed E-state index contributed by atoms with van der Waals surface area (Å²) in [6.07, 6.45) is 7.91. The van der Waals surface area contributed by atoms with Gasteiger partial charge in [-0.2, -0.15) is 0 Å². The largest absolute Gasteiger partial charge is 0.469 e. The van der Waals surface area contributed by atoms with Gasteiger partial charge in [-0.15, -0.1) is 0 Å². The Morgan fingerprint density at radius 3 is 3.07 bits per heavy atom. The lowest BCUT2D eigenvalue weighted by atomic mass is 9.88. The quantitative estimate of drug-likeness (QED) is 0.795. The molecule has 0 radical (unpaired) electrons. The van der Waals surface area contributed by atoms with Gasteiger partial charge in [0.2, 0.25) is 0 Å². The van der Waals surface area contributed by atoms with Crippen molar-refractivity contribution in [2.24, 2.45) is 0 Å². The van der Waals surface area contributed by atoms with Crippen molar-refractivity contribution in [3.05, 3.63) is 24.2 Å². The molecule has 14 heavy (non-hydrogen) atoms. The third kappa shape index (κ3) is 2.01. The molecule has 2 heterocycles. The van der Waals surface area contributed by atoms with Crippen molar-refractivity contribution in [3.8, 4) is 0 Å². The summed E-state index contributed by atoms with van der Waals surface area (Å²) in [5, 5.41) is 3.64. The fraction of sp³-hybridized carbons (Fsp3) is 0.667. The molecule has 0 amide bonds. The van der Waals surface area contributed by atoms with Gasteiger partial charge in [0.1, 0.15) is 5.76 Å². The summed E-state index contributed by atoms with van der Waals surface area (Å²) in [6, 6.07) is 4.04. The van der Waals surface area contributed by atoms with Crippen molar-refractivity contribution in [2.75, 3.05) is 6.54 Å². The number of nitrogens with one attached hydrogen (secondary N) is 1. The monoisotopic (exact) mass is 193 g/mol. The highest BCUT2D eigenvalue weighted by Crippen LogP contribution is 2.28. The highest BCUT2D eigenvalue weighted by atomic mass is 16.3. The number of furan rings is 1. The average molecular weight is 193 g/mol. The van der Waals surface area contributed by atoms with Crippen molar-refractivity contribution in [1.29, 1.82) is 0 Å². The van der Waals surface area contributed by atoms with Crippen LogP contribution in [-0.2, 0) is 6.42 Å². The van der Waals surface area contributed by atoms with Gasteiger partial charge >= 0.3 is 0 Å². The normalized spacial score (nSPS) is 26.9. The highest BCUT2D eigenvalue weighted by molar-refractivity contribution is 5.01. The Bertz CT molecular complexity index is 260. The molecule has 2 heteroatoms. The molecule has 0 spiro atoms. The first-order valence-corrected chi connectivity index (χ1v) is 5.62. The van der Waals surface area contributed by atoms with E-state index in [1.54, 1.807) is 6.26 Å². The molecule has 1 fully saturated rings. The number of rotatable bonds is 4. The molecule has 0 saturated carbocycles. The van der Waals surface area contributed by atoms with Gasteiger partial charge < -0.3 is 9.73 Å².